The van der Waals surface area contributed by atoms with E-state index in [9.17, 15) is 14.0 Å². The summed E-state index contributed by atoms with van der Waals surface area (Å²) in [5, 5.41) is 5.55. The molecule has 2 aliphatic rings. The minimum atomic E-state index is -0.733. The Kier molecular flexibility index (Phi) is 4.71. The van der Waals surface area contributed by atoms with Crippen molar-refractivity contribution >= 4 is 34.9 Å². The van der Waals surface area contributed by atoms with Gasteiger partial charge in [-0.1, -0.05) is 6.07 Å². The van der Waals surface area contributed by atoms with Crippen LogP contribution in [0.2, 0.25) is 0 Å². The summed E-state index contributed by atoms with van der Waals surface area (Å²) in [5.74, 6) is 0.294. The van der Waals surface area contributed by atoms with E-state index in [2.05, 4.69) is 20.3 Å². The van der Waals surface area contributed by atoms with Crippen molar-refractivity contribution in [1.82, 2.24) is 20.3 Å². The van der Waals surface area contributed by atoms with Gasteiger partial charge in [-0.3, -0.25) is 19.8 Å². The lowest BCUT2D eigenvalue weighted by Gasteiger charge is -2.19. The smallest absolute Gasteiger partial charge is 0.322 e. The fraction of sp³-hybridized carbons (Fsp3) is 0.286. The van der Waals surface area contributed by atoms with Gasteiger partial charge in [0, 0.05) is 17.6 Å². The second-order valence-electron chi connectivity index (χ2n) is 7.69. The van der Waals surface area contributed by atoms with Crippen LogP contribution < -0.4 is 15.4 Å². The summed E-state index contributed by atoms with van der Waals surface area (Å²) in [7, 11) is 0. The first-order valence-corrected chi connectivity index (χ1v) is 10.5. The maximum Gasteiger partial charge on any atom is 0.322 e. The molecule has 1 aromatic carbocycles. The minimum Gasteiger partial charge on any atom is -0.454 e. The number of hydrogen-bond donors (Lipinski definition) is 3. The van der Waals surface area contributed by atoms with Gasteiger partial charge in [-0.15, -0.1) is 0 Å². The van der Waals surface area contributed by atoms with E-state index in [1.54, 1.807) is 24.4 Å². The number of imide groups is 1. The van der Waals surface area contributed by atoms with Crippen LogP contribution in [0.4, 0.5) is 9.18 Å². The summed E-state index contributed by atoms with van der Waals surface area (Å²) < 4.78 is 22.9. The topological polar surface area (TPSA) is 96.3 Å². The zero-order valence-corrected chi connectivity index (χ0v) is 16.7. The van der Waals surface area contributed by atoms with Crippen LogP contribution in [0.3, 0.4) is 0 Å². The van der Waals surface area contributed by atoms with Gasteiger partial charge in [0.05, 0.1) is 5.39 Å². The van der Waals surface area contributed by atoms with Gasteiger partial charge >= 0.3 is 6.03 Å². The predicted octanol–water partition coefficient (Wildman–Crippen LogP) is 3.61. The molecule has 1 spiro atoms. The number of rotatable bonds is 5. The second-order valence-corrected chi connectivity index (χ2v) is 8.66. The number of aromatic nitrogens is 1. The number of nitrogens with one attached hydrogen (secondary N) is 3. The van der Waals surface area contributed by atoms with Crippen molar-refractivity contribution in [3.63, 3.8) is 0 Å². The van der Waals surface area contributed by atoms with Crippen LogP contribution in [-0.2, 0) is 4.79 Å². The fourth-order valence-electron chi connectivity index (χ4n) is 4.15. The molecular formula is C21H19FN4O3S. The van der Waals surface area contributed by atoms with Crippen LogP contribution in [0, 0.1) is 11.7 Å². The van der Waals surface area contributed by atoms with Crippen molar-refractivity contribution in [1.29, 1.82) is 0 Å². The van der Waals surface area contributed by atoms with Crippen molar-refractivity contribution in [2.24, 2.45) is 5.92 Å². The molecule has 154 valence electrons. The lowest BCUT2D eigenvalue weighted by molar-refractivity contribution is -0.123. The molecule has 2 atom stereocenters. The average Bonchev–Trinajstić information content (AvgIpc) is 3.41. The number of urea groups is 1. The standard InChI is InChI=1S/C21H19FN4O3S/c22-15-2-1-3-17-14(15)8-18(29-17)16-5-4-13(11-23-16)30-24-10-12-6-7-21(9-12)19(27)25-20(28)26-21/h1-5,8,11-12,24H,6-7,9-10H2,(H2,25,26,27,28). The highest BCUT2D eigenvalue weighted by molar-refractivity contribution is 7.97. The highest BCUT2D eigenvalue weighted by Crippen LogP contribution is 2.36. The van der Waals surface area contributed by atoms with Gasteiger partial charge in [0.1, 0.15) is 22.6 Å². The van der Waals surface area contributed by atoms with Crippen LogP contribution in [0.15, 0.2) is 51.9 Å². The van der Waals surface area contributed by atoms with Gasteiger partial charge in [-0.05, 0) is 67.5 Å². The Morgan fingerprint density at radius 1 is 1.30 bits per heavy atom. The Balaban J connectivity index is 1.17. The molecule has 9 heteroatoms. The van der Waals surface area contributed by atoms with Crippen molar-refractivity contribution < 1.29 is 18.4 Å². The van der Waals surface area contributed by atoms with E-state index in [1.807, 2.05) is 12.1 Å². The maximum atomic E-state index is 13.8. The fourth-order valence-corrected chi connectivity index (χ4v) is 4.88. The van der Waals surface area contributed by atoms with Gasteiger partial charge in [0.2, 0.25) is 0 Å². The third kappa shape index (κ3) is 3.44. The number of hydrogen-bond acceptors (Lipinski definition) is 6. The zero-order valence-electron chi connectivity index (χ0n) is 15.9. The Morgan fingerprint density at radius 3 is 2.93 bits per heavy atom. The molecule has 2 unspecified atom stereocenters. The number of carbonyl (C=O) groups excluding carboxylic acids is 2. The van der Waals surface area contributed by atoms with Crippen LogP contribution in [0.5, 0.6) is 0 Å². The summed E-state index contributed by atoms with van der Waals surface area (Å²) in [6.07, 6.45) is 3.91. The number of pyridine rings is 1. The van der Waals surface area contributed by atoms with E-state index >= 15 is 0 Å². The first kappa shape index (κ1) is 19.1. The minimum absolute atomic E-state index is 0.215. The van der Waals surface area contributed by atoms with Crippen LogP contribution in [0.25, 0.3) is 22.4 Å². The second kappa shape index (κ2) is 7.41. The van der Waals surface area contributed by atoms with Gasteiger partial charge < -0.3 is 9.73 Å². The summed E-state index contributed by atoms with van der Waals surface area (Å²) >= 11 is 1.46. The average molecular weight is 426 g/mol. The third-order valence-electron chi connectivity index (χ3n) is 5.69. The maximum absolute atomic E-state index is 13.8. The summed E-state index contributed by atoms with van der Waals surface area (Å²) in [4.78, 5) is 28.8. The van der Waals surface area contributed by atoms with E-state index in [0.717, 1.165) is 17.9 Å². The number of amides is 3. The molecule has 1 aliphatic carbocycles. The van der Waals surface area contributed by atoms with E-state index in [4.69, 9.17) is 4.42 Å². The molecule has 3 amide bonds. The lowest BCUT2D eigenvalue weighted by atomic mass is 9.96. The van der Waals surface area contributed by atoms with E-state index in [0.29, 0.717) is 41.2 Å². The van der Waals surface area contributed by atoms with Gasteiger partial charge in [-0.25, -0.2) is 9.18 Å². The largest absolute Gasteiger partial charge is 0.454 e. The molecule has 3 heterocycles. The molecule has 3 aromatic rings. The summed E-state index contributed by atoms with van der Waals surface area (Å²) in [6.45, 7) is 0.722. The Bertz CT molecular complexity index is 1130. The summed E-state index contributed by atoms with van der Waals surface area (Å²) in [6, 6.07) is 9.76. The van der Waals surface area contributed by atoms with Crippen LogP contribution in [0.1, 0.15) is 19.3 Å². The molecular weight excluding hydrogens is 407 g/mol. The predicted molar refractivity (Wildman–Crippen MR) is 110 cm³/mol. The van der Waals surface area contributed by atoms with Crippen molar-refractivity contribution in [3.8, 4) is 11.5 Å². The molecule has 2 aromatic heterocycles. The molecule has 7 nitrogen and oxygen atoms in total. The molecule has 0 radical (unpaired) electrons. The number of furan rings is 1. The molecule has 30 heavy (non-hydrogen) atoms. The Labute approximate surface area is 175 Å². The van der Waals surface area contributed by atoms with E-state index in [-0.39, 0.29) is 11.7 Å². The number of carbonyl (C=O) groups is 2. The number of halogens is 1. The Hall–Kier alpha value is -2.91. The van der Waals surface area contributed by atoms with Gasteiger partial charge in [0.25, 0.3) is 5.91 Å². The van der Waals surface area contributed by atoms with Gasteiger partial charge in [-0.2, -0.15) is 0 Å². The molecule has 0 bridgehead atoms. The molecule has 2 fully saturated rings. The van der Waals surface area contributed by atoms with Crippen molar-refractivity contribution in [2.45, 2.75) is 29.7 Å². The number of nitrogens with zero attached hydrogens (tertiary/aromatic N) is 1. The van der Waals surface area contributed by atoms with Crippen molar-refractivity contribution in [2.75, 3.05) is 6.54 Å². The first-order valence-electron chi connectivity index (χ1n) is 9.70. The quantitative estimate of drug-likeness (QED) is 0.426. The zero-order chi connectivity index (χ0) is 20.7. The molecule has 1 aliphatic heterocycles. The highest BCUT2D eigenvalue weighted by atomic mass is 32.2. The van der Waals surface area contributed by atoms with Gasteiger partial charge in [0.15, 0.2) is 5.76 Å². The normalized spacial score (nSPS) is 23.3. The number of benzene rings is 1. The van der Waals surface area contributed by atoms with Crippen LogP contribution >= 0.6 is 11.9 Å². The molecule has 3 N–H and O–H groups in total. The van der Waals surface area contributed by atoms with Crippen LogP contribution in [-0.4, -0.2) is 29.0 Å². The van der Waals surface area contributed by atoms with E-state index < -0.39 is 11.6 Å². The first-order chi connectivity index (χ1) is 14.5. The molecule has 1 saturated carbocycles. The molecule has 1 saturated heterocycles. The summed E-state index contributed by atoms with van der Waals surface area (Å²) in [5.41, 5.74) is 0.396. The Morgan fingerprint density at radius 2 is 2.20 bits per heavy atom. The SMILES string of the molecule is O=C1NC(=O)C2(CCC(CNSc3ccc(-c4cc5c(F)cccc5o4)nc3)C2)N1. The molecule has 5 rings (SSSR count). The van der Waals surface area contributed by atoms with Crippen molar-refractivity contribution in [3.05, 3.63) is 48.4 Å². The lowest BCUT2D eigenvalue weighted by Crippen LogP contribution is -2.44. The van der Waals surface area contributed by atoms with E-state index in [1.165, 1.54) is 18.0 Å². The highest BCUT2D eigenvalue weighted by Gasteiger charge is 2.50. The monoisotopic (exact) mass is 426 g/mol. The number of fused-ring (bicyclic) bond motifs is 1. The third-order valence-corrected chi connectivity index (χ3v) is 6.48.